The highest BCUT2D eigenvalue weighted by atomic mass is 16.8. The molecule has 0 aliphatic rings. The fraction of sp³-hybridized carbons (Fsp3) is 0.222. The second kappa shape index (κ2) is 8.57. The van der Waals surface area contributed by atoms with E-state index in [1.165, 1.54) is 14.2 Å². The summed E-state index contributed by atoms with van der Waals surface area (Å²) in [5, 5.41) is 0. The zero-order valence-corrected chi connectivity index (χ0v) is 13.4. The Morgan fingerprint density at radius 2 is 1.00 bits per heavy atom. The van der Waals surface area contributed by atoms with Gasteiger partial charge >= 0.3 is 12.3 Å². The van der Waals surface area contributed by atoms with E-state index in [0.29, 0.717) is 11.1 Å². The standard InChI is InChI=1S/C18H18O6/c1-21-17(19)23-15(13-9-5-3-6-10-13)16(24-18(20)22-2)14-11-7-4-8-12-14/h3-12,15-16H,1-2H3/t15-,16+. The van der Waals surface area contributed by atoms with Crippen LogP contribution in [-0.4, -0.2) is 26.5 Å². The number of methoxy groups -OCH3 is 2. The lowest BCUT2D eigenvalue weighted by molar-refractivity contribution is -0.0518. The molecule has 126 valence electrons. The number of ether oxygens (including phenoxy) is 4. The molecule has 2 atom stereocenters. The average molecular weight is 330 g/mol. The lowest BCUT2D eigenvalue weighted by atomic mass is 9.98. The van der Waals surface area contributed by atoms with Crippen LogP contribution in [0.25, 0.3) is 0 Å². The maximum atomic E-state index is 11.7. The van der Waals surface area contributed by atoms with Crippen molar-refractivity contribution in [2.75, 3.05) is 14.2 Å². The van der Waals surface area contributed by atoms with Gasteiger partial charge in [-0.05, 0) is 11.1 Å². The van der Waals surface area contributed by atoms with Crippen LogP contribution < -0.4 is 0 Å². The Labute approximate surface area is 139 Å². The van der Waals surface area contributed by atoms with Gasteiger partial charge in [0.15, 0.2) is 12.2 Å². The van der Waals surface area contributed by atoms with Gasteiger partial charge < -0.3 is 18.9 Å². The monoisotopic (exact) mass is 330 g/mol. The first-order valence-corrected chi connectivity index (χ1v) is 7.24. The van der Waals surface area contributed by atoms with Crippen molar-refractivity contribution in [3.8, 4) is 0 Å². The van der Waals surface area contributed by atoms with Crippen molar-refractivity contribution in [1.29, 1.82) is 0 Å². The molecule has 0 saturated heterocycles. The van der Waals surface area contributed by atoms with Crippen LogP contribution in [0.1, 0.15) is 23.3 Å². The van der Waals surface area contributed by atoms with E-state index in [1.54, 1.807) is 48.5 Å². The predicted molar refractivity (Wildman–Crippen MR) is 85.3 cm³/mol. The molecule has 0 saturated carbocycles. The first kappa shape index (κ1) is 17.3. The van der Waals surface area contributed by atoms with Crippen molar-refractivity contribution in [2.45, 2.75) is 12.2 Å². The minimum atomic E-state index is -0.889. The molecule has 0 radical (unpaired) electrons. The lowest BCUT2D eigenvalue weighted by Gasteiger charge is -2.26. The average Bonchev–Trinajstić information content (AvgIpc) is 2.65. The smallest absolute Gasteiger partial charge is 0.438 e. The summed E-state index contributed by atoms with van der Waals surface area (Å²) < 4.78 is 19.9. The molecule has 2 aromatic rings. The van der Waals surface area contributed by atoms with E-state index in [2.05, 4.69) is 9.47 Å². The topological polar surface area (TPSA) is 71.1 Å². The number of benzene rings is 2. The molecule has 0 heterocycles. The zero-order chi connectivity index (χ0) is 17.4. The molecule has 0 aliphatic carbocycles. The van der Waals surface area contributed by atoms with E-state index in [1.807, 2.05) is 12.1 Å². The molecule has 2 aromatic carbocycles. The Morgan fingerprint density at radius 1 is 0.667 bits per heavy atom. The third-order valence-electron chi connectivity index (χ3n) is 3.31. The van der Waals surface area contributed by atoms with Crippen molar-refractivity contribution < 1.29 is 28.5 Å². The van der Waals surface area contributed by atoms with Crippen LogP contribution >= 0.6 is 0 Å². The van der Waals surface area contributed by atoms with Crippen molar-refractivity contribution in [1.82, 2.24) is 0 Å². The van der Waals surface area contributed by atoms with Crippen LogP contribution in [0.15, 0.2) is 60.7 Å². The third kappa shape index (κ3) is 4.49. The summed E-state index contributed by atoms with van der Waals surface area (Å²) in [4.78, 5) is 23.3. The number of carbonyl (C=O) groups excluding carboxylic acids is 2. The Morgan fingerprint density at radius 3 is 1.29 bits per heavy atom. The normalized spacial score (nSPS) is 12.6. The van der Waals surface area contributed by atoms with E-state index in [9.17, 15) is 9.59 Å². The van der Waals surface area contributed by atoms with Gasteiger partial charge in [0.2, 0.25) is 0 Å². The Balaban J connectivity index is 2.42. The summed E-state index contributed by atoms with van der Waals surface area (Å²) in [5.41, 5.74) is 1.31. The first-order chi connectivity index (χ1) is 11.7. The molecule has 6 heteroatoms. The van der Waals surface area contributed by atoms with Gasteiger partial charge in [0.05, 0.1) is 14.2 Å². The summed E-state index contributed by atoms with van der Waals surface area (Å²) in [6.45, 7) is 0. The molecular formula is C18H18O6. The third-order valence-corrected chi connectivity index (χ3v) is 3.31. The molecule has 6 nitrogen and oxygen atoms in total. The summed E-state index contributed by atoms with van der Waals surface area (Å²) in [6, 6.07) is 17.9. The van der Waals surface area contributed by atoms with Gasteiger partial charge in [0, 0.05) is 0 Å². The highest BCUT2D eigenvalue weighted by Crippen LogP contribution is 2.35. The number of hydrogen-bond acceptors (Lipinski definition) is 6. The lowest BCUT2D eigenvalue weighted by Crippen LogP contribution is -2.23. The quantitative estimate of drug-likeness (QED) is 0.771. The summed E-state index contributed by atoms with van der Waals surface area (Å²) in [5.74, 6) is 0. The van der Waals surface area contributed by atoms with Crippen molar-refractivity contribution in [2.24, 2.45) is 0 Å². The largest absolute Gasteiger partial charge is 0.508 e. The second-order valence-electron chi connectivity index (χ2n) is 4.81. The molecular weight excluding hydrogens is 312 g/mol. The fourth-order valence-electron chi connectivity index (χ4n) is 2.20. The molecule has 0 N–H and O–H groups in total. The zero-order valence-electron chi connectivity index (χ0n) is 13.4. The number of hydrogen-bond donors (Lipinski definition) is 0. The SMILES string of the molecule is COC(=O)O[C@H](c1ccccc1)[C@@H](OC(=O)OC)c1ccccc1. The Hall–Kier alpha value is -3.02. The Bertz CT molecular complexity index is 596. The second-order valence-corrected chi connectivity index (χ2v) is 4.81. The molecule has 0 bridgehead atoms. The molecule has 0 fully saturated rings. The van der Waals surface area contributed by atoms with Gasteiger partial charge in [-0.1, -0.05) is 60.7 Å². The van der Waals surface area contributed by atoms with Gasteiger partial charge in [-0.3, -0.25) is 0 Å². The first-order valence-electron chi connectivity index (χ1n) is 7.24. The number of carbonyl (C=O) groups is 2. The highest BCUT2D eigenvalue weighted by molar-refractivity contribution is 5.62. The molecule has 24 heavy (non-hydrogen) atoms. The van der Waals surface area contributed by atoms with Crippen molar-refractivity contribution >= 4 is 12.3 Å². The molecule has 0 aliphatic heterocycles. The van der Waals surface area contributed by atoms with E-state index < -0.39 is 24.5 Å². The fourth-order valence-corrected chi connectivity index (χ4v) is 2.20. The van der Waals surface area contributed by atoms with Crippen LogP contribution in [0.2, 0.25) is 0 Å². The van der Waals surface area contributed by atoms with Gasteiger partial charge in [0.1, 0.15) is 0 Å². The maximum absolute atomic E-state index is 11.7. The van der Waals surface area contributed by atoms with Crippen molar-refractivity contribution in [3.63, 3.8) is 0 Å². The predicted octanol–water partition coefficient (Wildman–Crippen LogP) is 4.04. The van der Waals surface area contributed by atoms with E-state index in [4.69, 9.17) is 9.47 Å². The van der Waals surface area contributed by atoms with E-state index >= 15 is 0 Å². The molecule has 2 rings (SSSR count). The minimum absolute atomic E-state index is 0.653. The maximum Gasteiger partial charge on any atom is 0.508 e. The van der Waals surface area contributed by atoms with Crippen LogP contribution in [-0.2, 0) is 18.9 Å². The minimum Gasteiger partial charge on any atom is -0.438 e. The van der Waals surface area contributed by atoms with E-state index in [-0.39, 0.29) is 0 Å². The van der Waals surface area contributed by atoms with E-state index in [0.717, 1.165) is 0 Å². The number of rotatable bonds is 5. The highest BCUT2D eigenvalue weighted by Gasteiger charge is 2.32. The molecule has 0 aromatic heterocycles. The Kier molecular flexibility index (Phi) is 6.19. The van der Waals surface area contributed by atoms with Gasteiger partial charge in [-0.25, -0.2) is 9.59 Å². The summed E-state index contributed by atoms with van der Waals surface area (Å²) in [7, 11) is 2.42. The van der Waals surface area contributed by atoms with Crippen LogP contribution in [0.5, 0.6) is 0 Å². The van der Waals surface area contributed by atoms with Crippen LogP contribution in [0.3, 0.4) is 0 Å². The van der Waals surface area contributed by atoms with Crippen molar-refractivity contribution in [3.05, 3.63) is 71.8 Å². The van der Waals surface area contributed by atoms with Gasteiger partial charge in [-0.15, -0.1) is 0 Å². The van der Waals surface area contributed by atoms with Gasteiger partial charge in [-0.2, -0.15) is 0 Å². The summed E-state index contributed by atoms with van der Waals surface area (Å²) in [6.07, 6.45) is -3.53. The van der Waals surface area contributed by atoms with Crippen LogP contribution in [0.4, 0.5) is 9.59 Å². The molecule has 0 amide bonds. The van der Waals surface area contributed by atoms with Crippen LogP contribution in [0, 0.1) is 0 Å². The van der Waals surface area contributed by atoms with Gasteiger partial charge in [0.25, 0.3) is 0 Å². The molecule has 0 unspecified atom stereocenters. The molecule has 0 spiro atoms. The summed E-state index contributed by atoms with van der Waals surface area (Å²) >= 11 is 0.